The molecule has 1 aliphatic rings. The Labute approximate surface area is 115 Å². The van der Waals surface area contributed by atoms with Crippen LogP contribution in [0, 0.1) is 11.8 Å². The lowest BCUT2D eigenvalue weighted by Crippen LogP contribution is -2.32. The van der Waals surface area contributed by atoms with Gasteiger partial charge in [-0.15, -0.1) is 11.3 Å². The van der Waals surface area contributed by atoms with Gasteiger partial charge in [-0.3, -0.25) is 9.59 Å². The normalized spacial score (nSPS) is 22.2. The molecule has 1 aromatic rings. The Bertz CT molecular complexity index is 471. The highest BCUT2D eigenvalue weighted by Crippen LogP contribution is 2.31. The van der Waals surface area contributed by atoms with Gasteiger partial charge < -0.3 is 15.2 Å². The first-order valence-electron chi connectivity index (χ1n) is 6.25. The average Bonchev–Trinajstić information content (AvgIpc) is 3.04. The first-order valence-corrected chi connectivity index (χ1v) is 7.13. The van der Waals surface area contributed by atoms with Crippen LogP contribution in [0.15, 0.2) is 11.4 Å². The Balaban J connectivity index is 1.88. The van der Waals surface area contributed by atoms with Gasteiger partial charge >= 0.3 is 5.97 Å². The molecule has 1 amide bonds. The van der Waals surface area contributed by atoms with Gasteiger partial charge in [0.15, 0.2) is 0 Å². The van der Waals surface area contributed by atoms with Crippen molar-refractivity contribution in [1.82, 2.24) is 5.32 Å². The smallest absolute Gasteiger partial charge is 0.306 e. The lowest BCUT2D eigenvalue weighted by atomic mass is 9.96. The van der Waals surface area contributed by atoms with Crippen LogP contribution in [0.4, 0.5) is 0 Å². The minimum atomic E-state index is -0.755. The molecule has 104 valence electrons. The zero-order chi connectivity index (χ0) is 13.8. The van der Waals surface area contributed by atoms with Crippen LogP contribution in [0.3, 0.4) is 0 Å². The van der Waals surface area contributed by atoms with Gasteiger partial charge in [0, 0.05) is 18.0 Å². The fourth-order valence-corrected chi connectivity index (χ4v) is 3.23. The van der Waals surface area contributed by atoms with Crippen LogP contribution < -0.4 is 10.1 Å². The number of carboxylic acid groups (broad SMARTS) is 1. The third-order valence-electron chi connectivity index (χ3n) is 3.54. The fraction of sp³-hybridized carbons (Fsp3) is 0.538. The molecular formula is C13H17NO4S. The highest BCUT2D eigenvalue weighted by Gasteiger charge is 2.32. The van der Waals surface area contributed by atoms with E-state index in [-0.39, 0.29) is 17.7 Å². The molecule has 1 aliphatic carbocycles. The minimum Gasteiger partial charge on any atom is -0.496 e. The van der Waals surface area contributed by atoms with Gasteiger partial charge in [-0.25, -0.2) is 0 Å². The summed E-state index contributed by atoms with van der Waals surface area (Å²) in [6.07, 6.45) is 2.50. The molecule has 2 atom stereocenters. The van der Waals surface area contributed by atoms with Gasteiger partial charge in [-0.1, -0.05) is 6.42 Å². The topological polar surface area (TPSA) is 75.6 Å². The SMILES string of the molecule is COc1csc(C(=O)NCC2CCCC2C(=O)O)c1. The molecule has 1 fully saturated rings. The number of amides is 1. The monoisotopic (exact) mass is 283 g/mol. The van der Waals surface area contributed by atoms with E-state index < -0.39 is 5.97 Å². The third kappa shape index (κ3) is 3.26. The molecule has 1 heterocycles. The van der Waals surface area contributed by atoms with E-state index in [0.717, 1.165) is 12.8 Å². The number of thiophene rings is 1. The first kappa shape index (κ1) is 13.9. The van der Waals surface area contributed by atoms with E-state index in [1.54, 1.807) is 18.6 Å². The maximum Gasteiger partial charge on any atom is 0.306 e. The van der Waals surface area contributed by atoms with Crippen molar-refractivity contribution in [3.8, 4) is 5.75 Å². The minimum absolute atomic E-state index is 0.0447. The second-order valence-corrected chi connectivity index (χ2v) is 5.61. The van der Waals surface area contributed by atoms with E-state index >= 15 is 0 Å². The Morgan fingerprint density at radius 3 is 2.95 bits per heavy atom. The predicted molar refractivity (Wildman–Crippen MR) is 71.7 cm³/mol. The number of nitrogens with one attached hydrogen (secondary N) is 1. The summed E-state index contributed by atoms with van der Waals surface area (Å²) < 4.78 is 5.02. The van der Waals surface area contributed by atoms with Crippen LogP contribution in [-0.4, -0.2) is 30.6 Å². The quantitative estimate of drug-likeness (QED) is 0.866. The molecule has 0 spiro atoms. The standard InChI is InChI=1S/C13H17NO4S/c1-18-9-5-11(19-7-9)12(15)14-6-8-3-2-4-10(8)13(16)17/h5,7-8,10H,2-4,6H2,1H3,(H,14,15)(H,16,17). The Morgan fingerprint density at radius 2 is 2.32 bits per heavy atom. The largest absolute Gasteiger partial charge is 0.496 e. The van der Waals surface area contributed by atoms with Gasteiger partial charge in [0.2, 0.25) is 0 Å². The molecule has 1 saturated carbocycles. The van der Waals surface area contributed by atoms with Crippen LogP contribution in [0.1, 0.15) is 28.9 Å². The van der Waals surface area contributed by atoms with Gasteiger partial charge in [0.1, 0.15) is 5.75 Å². The van der Waals surface area contributed by atoms with Crippen molar-refractivity contribution in [2.24, 2.45) is 11.8 Å². The summed E-state index contributed by atoms with van der Waals surface area (Å²) in [5.74, 6) is -0.528. The molecule has 0 aromatic carbocycles. The highest BCUT2D eigenvalue weighted by atomic mass is 32.1. The zero-order valence-corrected chi connectivity index (χ0v) is 11.5. The summed E-state index contributed by atoms with van der Waals surface area (Å²) >= 11 is 1.32. The second kappa shape index (κ2) is 6.06. The van der Waals surface area contributed by atoms with Gasteiger partial charge in [-0.2, -0.15) is 0 Å². The number of methoxy groups -OCH3 is 1. The molecule has 0 radical (unpaired) electrons. The lowest BCUT2D eigenvalue weighted by Gasteiger charge is -2.15. The summed E-state index contributed by atoms with van der Waals surface area (Å²) in [4.78, 5) is 23.5. The van der Waals surface area contributed by atoms with Crippen molar-refractivity contribution in [2.45, 2.75) is 19.3 Å². The van der Waals surface area contributed by atoms with E-state index in [1.807, 2.05) is 0 Å². The molecule has 19 heavy (non-hydrogen) atoms. The average molecular weight is 283 g/mol. The number of hydrogen-bond acceptors (Lipinski definition) is 4. The van der Waals surface area contributed by atoms with E-state index in [0.29, 0.717) is 23.6 Å². The molecule has 5 nitrogen and oxygen atoms in total. The zero-order valence-electron chi connectivity index (χ0n) is 10.7. The molecule has 2 rings (SSSR count). The summed E-state index contributed by atoms with van der Waals surface area (Å²) in [5, 5.41) is 13.7. The van der Waals surface area contributed by atoms with Crippen LogP contribution >= 0.6 is 11.3 Å². The fourth-order valence-electron chi connectivity index (χ4n) is 2.46. The van der Waals surface area contributed by atoms with Crippen molar-refractivity contribution >= 4 is 23.2 Å². The molecule has 2 unspecified atom stereocenters. The molecule has 6 heteroatoms. The van der Waals surface area contributed by atoms with Crippen molar-refractivity contribution < 1.29 is 19.4 Å². The predicted octanol–water partition coefficient (Wildman–Crippen LogP) is 1.99. The van der Waals surface area contributed by atoms with Crippen LogP contribution in [-0.2, 0) is 4.79 Å². The highest BCUT2D eigenvalue weighted by molar-refractivity contribution is 7.12. The van der Waals surface area contributed by atoms with Crippen molar-refractivity contribution in [3.05, 3.63) is 16.3 Å². The number of hydrogen-bond donors (Lipinski definition) is 2. The summed E-state index contributed by atoms with van der Waals surface area (Å²) in [7, 11) is 1.56. The van der Waals surface area contributed by atoms with Crippen molar-refractivity contribution in [1.29, 1.82) is 0 Å². The molecule has 0 bridgehead atoms. The van der Waals surface area contributed by atoms with Crippen molar-refractivity contribution in [3.63, 3.8) is 0 Å². The third-order valence-corrected chi connectivity index (χ3v) is 4.44. The van der Waals surface area contributed by atoms with Gasteiger partial charge in [0.25, 0.3) is 5.91 Å². The summed E-state index contributed by atoms with van der Waals surface area (Å²) in [6, 6.07) is 1.68. The van der Waals surface area contributed by atoms with Crippen LogP contribution in [0.2, 0.25) is 0 Å². The second-order valence-electron chi connectivity index (χ2n) is 4.70. The molecule has 0 saturated heterocycles. The summed E-state index contributed by atoms with van der Waals surface area (Å²) in [5.41, 5.74) is 0. The molecular weight excluding hydrogens is 266 g/mol. The van der Waals surface area contributed by atoms with E-state index in [2.05, 4.69) is 5.32 Å². The van der Waals surface area contributed by atoms with Crippen molar-refractivity contribution in [2.75, 3.05) is 13.7 Å². The number of ether oxygens (including phenoxy) is 1. The van der Waals surface area contributed by atoms with Gasteiger partial charge in [-0.05, 0) is 18.8 Å². The van der Waals surface area contributed by atoms with E-state index in [1.165, 1.54) is 11.3 Å². The van der Waals surface area contributed by atoms with E-state index in [9.17, 15) is 9.59 Å². The maximum atomic E-state index is 11.9. The Hall–Kier alpha value is -1.56. The molecule has 0 aliphatic heterocycles. The van der Waals surface area contributed by atoms with Gasteiger partial charge in [0.05, 0.1) is 17.9 Å². The number of aliphatic carboxylic acids is 1. The molecule has 2 N–H and O–H groups in total. The summed E-state index contributed by atoms with van der Waals surface area (Å²) in [6.45, 7) is 0.427. The lowest BCUT2D eigenvalue weighted by molar-refractivity contribution is -0.142. The Kier molecular flexibility index (Phi) is 4.42. The molecule has 1 aromatic heterocycles. The van der Waals surface area contributed by atoms with E-state index in [4.69, 9.17) is 9.84 Å². The number of carbonyl (C=O) groups is 2. The number of carbonyl (C=O) groups excluding carboxylic acids is 1. The Morgan fingerprint density at radius 1 is 1.53 bits per heavy atom. The first-order chi connectivity index (χ1) is 9.11. The van der Waals surface area contributed by atoms with Crippen LogP contribution in [0.5, 0.6) is 5.75 Å². The maximum absolute atomic E-state index is 11.9. The number of rotatable bonds is 5. The number of carboxylic acids is 1. The van der Waals surface area contributed by atoms with Crippen LogP contribution in [0.25, 0.3) is 0 Å².